The summed E-state index contributed by atoms with van der Waals surface area (Å²) in [5.74, 6) is -0.186. The van der Waals surface area contributed by atoms with Gasteiger partial charge in [-0.25, -0.2) is 0 Å². The Labute approximate surface area is 140 Å². The molecule has 0 saturated carbocycles. The Morgan fingerprint density at radius 1 is 1.48 bits per heavy atom. The van der Waals surface area contributed by atoms with E-state index in [1.165, 1.54) is 7.11 Å². The van der Waals surface area contributed by atoms with Crippen LogP contribution in [0.1, 0.15) is 12.5 Å². The molecule has 0 aromatic heterocycles. The summed E-state index contributed by atoms with van der Waals surface area (Å²) in [5, 5.41) is 12.6. The van der Waals surface area contributed by atoms with Crippen LogP contribution in [0.2, 0.25) is 0 Å². The number of hydrogen-bond donors (Lipinski definition) is 2. The van der Waals surface area contributed by atoms with Crippen molar-refractivity contribution < 1.29 is 19.7 Å². The fraction of sp³-hybridized carbons (Fsp3) is 0.267. The zero-order valence-corrected chi connectivity index (χ0v) is 16.6. The third kappa shape index (κ3) is 6.30. The molecular formula is C15H18NO4Tl. The Bertz CT molecular complexity index is 528. The first-order valence-electron chi connectivity index (χ1n) is 6.44. The number of nitrogens with one attached hydrogen (secondary N) is 1. The Kier molecular flexibility index (Phi) is 8.06. The van der Waals surface area contributed by atoms with E-state index in [1.807, 2.05) is 25.1 Å². The second-order valence-corrected chi connectivity index (χ2v) is 6.69. The van der Waals surface area contributed by atoms with Crippen molar-refractivity contribution in [2.24, 2.45) is 0 Å². The molecule has 0 fully saturated rings. The van der Waals surface area contributed by atoms with Crippen LogP contribution in [0.4, 0.5) is 0 Å². The van der Waals surface area contributed by atoms with Gasteiger partial charge in [0.2, 0.25) is 0 Å². The van der Waals surface area contributed by atoms with Crippen molar-refractivity contribution in [1.29, 1.82) is 0 Å². The van der Waals surface area contributed by atoms with E-state index < -0.39 is 12.0 Å². The molecule has 0 amide bonds. The van der Waals surface area contributed by atoms with E-state index in [9.17, 15) is 9.90 Å². The fourth-order valence-electron chi connectivity index (χ4n) is 1.66. The van der Waals surface area contributed by atoms with Crippen LogP contribution >= 0.6 is 0 Å². The Hall–Kier alpha value is -1.35. The van der Waals surface area contributed by atoms with Gasteiger partial charge in [0.1, 0.15) is 0 Å². The number of carbonyl (C=O) groups is 1. The van der Waals surface area contributed by atoms with Crippen molar-refractivity contribution in [3.63, 3.8) is 0 Å². The Balaban J connectivity index is 2.79. The van der Waals surface area contributed by atoms with Gasteiger partial charge in [-0.05, 0) is 0 Å². The number of phenolic OH excluding ortho intramolecular Hbond substituents is 1. The minimum absolute atomic E-state index is 0.306. The topological polar surface area (TPSA) is 67.8 Å². The molecule has 0 bridgehead atoms. The molecular weight excluding hydrogens is 463 g/mol. The standard InChI is InChI=1S/C15H18NO4.Tl/c1-3-4-5-10-16-14(15(18)20-19-2)11-12-6-8-13(17)9-7-12;/h3-8,10,14,16-17H,11H2,1-2H3;/b4-3-,10-5-;/t14-;/m0./s1. The number of aromatic hydroxyl groups is 1. The summed E-state index contributed by atoms with van der Waals surface area (Å²) < 4.78 is 0.927. The summed E-state index contributed by atoms with van der Waals surface area (Å²) in [5.41, 5.74) is 0.954. The van der Waals surface area contributed by atoms with Gasteiger partial charge in [0, 0.05) is 0 Å². The molecule has 0 heterocycles. The number of allylic oxidation sites excluding steroid dienone is 3. The van der Waals surface area contributed by atoms with Crippen molar-refractivity contribution in [2.45, 2.75) is 19.4 Å². The summed E-state index contributed by atoms with van der Waals surface area (Å²) in [7, 11) is 1.29. The summed E-state index contributed by atoms with van der Waals surface area (Å²) in [6.07, 6.45) is 7.66. The van der Waals surface area contributed by atoms with E-state index in [0.717, 1.165) is 8.69 Å². The second-order valence-electron chi connectivity index (χ2n) is 4.27. The molecule has 6 heteroatoms. The van der Waals surface area contributed by atoms with Crippen LogP contribution in [0.3, 0.4) is 0 Å². The minimum atomic E-state index is -0.555. The van der Waals surface area contributed by atoms with E-state index in [0.29, 0.717) is 37.9 Å². The maximum atomic E-state index is 11.9. The molecule has 0 spiro atoms. The number of phenols is 1. The molecule has 0 aliphatic heterocycles. The average Bonchev–Trinajstić information content (AvgIpc) is 2.46. The first-order valence-corrected chi connectivity index (χ1v) is 8.68. The van der Waals surface area contributed by atoms with E-state index in [1.54, 1.807) is 24.4 Å². The monoisotopic (exact) mass is 481 g/mol. The Morgan fingerprint density at radius 3 is 2.86 bits per heavy atom. The van der Waals surface area contributed by atoms with Crippen LogP contribution in [-0.4, -0.2) is 50.0 Å². The van der Waals surface area contributed by atoms with Crippen molar-refractivity contribution in [3.05, 3.63) is 48.2 Å². The van der Waals surface area contributed by atoms with Gasteiger partial charge in [-0.3, -0.25) is 0 Å². The van der Waals surface area contributed by atoms with Gasteiger partial charge in [-0.2, -0.15) is 0 Å². The number of benzene rings is 1. The number of carbonyl (C=O) groups excluding carboxylic acids is 1. The maximum absolute atomic E-state index is 11.9. The third-order valence-corrected chi connectivity index (χ3v) is 4.48. The van der Waals surface area contributed by atoms with Crippen LogP contribution in [-0.2, 0) is 21.0 Å². The summed E-state index contributed by atoms with van der Waals surface area (Å²) in [6.45, 7) is 1.91. The molecule has 1 atom stereocenters. The van der Waals surface area contributed by atoms with Crippen molar-refractivity contribution >= 4 is 34.9 Å². The van der Waals surface area contributed by atoms with Crippen LogP contribution in [0.25, 0.3) is 0 Å². The van der Waals surface area contributed by atoms with Crippen LogP contribution < -0.4 is 8.44 Å². The van der Waals surface area contributed by atoms with Gasteiger partial charge in [0.25, 0.3) is 0 Å². The van der Waals surface area contributed by atoms with Crippen LogP contribution in [0, 0.1) is 0 Å². The first-order chi connectivity index (χ1) is 10.1. The molecule has 21 heavy (non-hydrogen) atoms. The summed E-state index contributed by atoms with van der Waals surface area (Å²) in [6, 6.07) is 4.80. The SMILES string of the molecule is C/C=C\C=C/N[C@@H](Cc1ccc(O)[c]([Tl])c1)C(=O)OOC. The predicted molar refractivity (Wildman–Crippen MR) is 81.2 cm³/mol. The third-order valence-electron chi connectivity index (χ3n) is 2.68. The zero-order chi connectivity index (χ0) is 15.7. The molecule has 1 rings (SSSR count). The second kappa shape index (κ2) is 9.56. The predicted octanol–water partition coefficient (Wildman–Crippen LogP) is 0.881. The first kappa shape index (κ1) is 17.7. The van der Waals surface area contributed by atoms with Crippen LogP contribution in [0.15, 0.2) is 42.6 Å². The number of hydrogen-bond acceptors (Lipinski definition) is 5. The quantitative estimate of drug-likeness (QED) is 0.263. The van der Waals surface area contributed by atoms with Gasteiger partial charge in [0.15, 0.2) is 0 Å². The van der Waals surface area contributed by atoms with E-state index in [2.05, 4.69) is 15.1 Å². The van der Waals surface area contributed by atoms with E-state index in [4.69, 9.17) is 0 Å². The van der Waals surface area contributed by atoms with Gasteiger partial charge in [-0.1, -0.05) is 0 Å². The Morgan fingerprint density at radius 2 is 2.24 bits per heavy atom. The molecule has 110 valence electrons. The van der Waals surface area contributed by atoms with Crippen molar-refractivity contribution in [3.8, 4) is 5.75 Å². The normalized spacial score (nSPS) is 12.6. The molecule has 0 aliphatic carbocycles. The summed E-state index contributed by atoms with van der Waals surface area (Å²) >= 11 is 0.530. The van der Waals surface area contributed by atoms with E-state index in [-0.39, 0.29) is 0 Å². The molecule has 0 radical (unpaired) electrons. The molecule has 0 unspecified atom stereocenters. The van der Waals surface area contributed by atoms with Crippen molar-refractivity contribution in [2.75, 3.05) is 7.11 Å². The molecule has 5 nitrogen and oxygen atoms in total. The number of rotatable bonds is 7. The fourth-order valence-corrected chi connectivity index (χ4v) is 2.86. The van der Waals surface area contributed by atoms with Crippen LogP contribution in [0.5, 0.6) is 5.75 Å². The average molecular weight is 481 g/mol. The van der Waals surface area contributed by atoms with Gasteiger partial charge >= 0.3 is 140 Å². The van der Waals surface area contributed by atoms with Gasteiger partial charge in [-0.15, -0.1) is 0 Å². The molecule has 0 saturated heterocycles. The van der Waals surface area contributed by atoms with Gasteiger partial charge < -0.3 is 0 Å². The molecule has 0 aliphatic rings. The van der Waals surface area contributed by atoms with Crippen molar-refractivity contribution in [1.82, 2.24) is 5.32 Å². The molecule has 1 aromatic rings. The molecule has 2 N–H and O–H groups in total. The van der Waals surface area contributed by atoms with E-state index >= 15 is 0 Å². The molecule has 1 aromatic carbocycles. The summed E-state index contributed by atoms with van der Waals surface area (Å²) in [4.78, 5) is 20.9. The van der Waals surface area contributed by atoms with Gasteiger partial charge in [0.05, 0.1) is 0 Å². The zero-order valence-electron chi connectivity index (χ0n) is 12.1.